The number of H-pyrrole nitrogens is 1. The Bertz CT molecular complexity index is 447. The highest BCUT2D eigenvalue weighted by Gasteiger charge is 2.06. The van der Waals surface area contributed by atoms with Gasteiger partial charge in [-0.3, -0.25) is 0 Å². The molecule has 1 heterocycles. The Balaban J connectivity index is 2.76. The van der Waals surface area contributed by atoms with Gasteiger partial charge in [-0.1, -0.05) is 0 Å². The van der Waals surface area contributed by atoms with E-state index in [1.165, 1.54) is 6.07 Å². The van der Waals surface area contributed by atoms with Crippen molar-refractivity contribution in [3.05, 3.63) is 29.3 Å². The molecule has 0 aliphatic carbocycles. The van der Waals surface area contributed by atoms with Crippen LogP contribution in [0.3, 0.4) is 0 Å². The van der Waals surface area contributed by atoms with Gasteiger partial charge in [0, 0.05) is 5.56 Å². The van der Waals surface area contributed by atoms with Crippen LogP contribution in [-0.2, 0) is 6.54 Å². The fraction of sp³-hybridized carbons (Fsp3) is 0.222. The molecule has 4 heteroatoms. The van der Waals surface area contributed by atoms with Crippen LogP contribution in [0.4, 0.5) is 4.39 Å². The van der Waals surface area contributed by atoms with E-state index in [1.54, 1.807) is 13.0 Å². The monoisotopic (exact) mass is 179 g/mol. The second-order valence-electron chi connectivity index (χ2n) is 2.96. The third-order valence-corrected chi connectivity index (χ3v) is 2.08. The number of benzene rings is 1. The molecule has 0 aliphatic heterocycles. The summed E-state index contributed by atoms with van der Waals surface area (Å²) < 4.78 is 13.1. The number of imidazole rings is 1. The highest BCUT2D eigenvalue weighted by molar-refractivity contribution is 5.78. The van der Waals surface area contributed by atoms with Gasteiger partial charge in [0.1, 0.15) is 11.6 Å². The van der Waals surface area contributed by atoms with Crippen LogP contribution in [-0.4, -0.2) is 9.97 Å². The first-order chi connectivity index (χ1) is 6.22. The molecule has 0 fully saturated rings. The van der Waals surface area contributed by atoms with Gasteiger partial charge in [-0.25, -0.2) is 9.37 Å². The molecule has 1 aromatic heterocycles. The summed E-state index contributed by atoms with van der Waals surface area (Å²) in [6.45, 7) is 2.05. The summed E-state index contributed by atoms with van der Waals surface area (Å²) in [4.78, 5) is 7.18. The Morgan fingerprint density at radius 1 is 1.54 bits per heavy atom. The summed E-state index contributed by atoms with van der Waals surface area (Å²) in [5.41, 5.74) is 7.48. The normalized spacial score (nSPS) is 11.0. The van der Waals surface area contributed by atoms with E-state index in [2.05, 4.69) is 9.97 Å². The first-order valence-corrected chi connectivity index (χ1v) is 4.06. The zero-order chi connectivity index (χ0) is 9.42. The highest BCUT2D eigenvalue weighted by atomic mass is 19.1. The zero-order valence-corrected chi connectivity index (χ0v) is 7.26. The van der Waals surface area contributed by atoms with Gasteiger partial charge < -0.3 is 10.7 Å². The van der Waals surface area contributed by atoms with E-state index in [0.29, 0.717) is 23.4 Å². The lowest BCUT2D eigenvalue weighted by Gasteiger charge is -1.94. The molecular formula is C9H10FN3. The fourth-order valence-corrected chi connectivity index (χ4v) is 1.34. The Hall–Kier alpha value is -1.42. The standard InChI is InChI=1S/C9H10FN3/c1-5-6(10)2-3-7-9(5)13-8(4-11)12-7/h2-3H,4,11H2,1H3,(H,12,13). The third kappa shape index (κ3) is 1.19. The van der Waals surface area contributed by atoms with Gasteiger partial charge in [-0.05, 0) is 19.1 Å². The Labute approximate surface area is 74.8 Å². The maximum Gasteiger partial charge on any atom is 0.128 e. The van der Waals surface area contributed by atoms with E-state index < -0.39 is 0 Å². The van der Waals surface area contributed by atoms with Crippen molar-refractivity contribution in [2.45, 2.75) is 13.5 Å². The number of fused-ring (bicyclic) bond motifs is 1. The maximum absolute atomic E-state index is 13.1. The highest BCUT2D eigenvalue weighted by Crippen LogP contribution is 2.18. The Morgan fingerprint density at radius 2 is 2.31 bits per heavy atom. The Kier molecular flexibility index (Phi) is 1.77. The molecule has 0 aliphatic rings. The number of nitrogens with one attached hydrogen (secondary N) is 1. The minimum absolute atomic E-state index is 0.234. The van der Waals surface area contributed by atoms with Gasteiger partial charge in [0.05, 0.1) is 17.6 Å². The van der Waals surface area contributed by atoms with Gasteiger partial charge in [0.2, 0.25) is 0 Å². The van der Waals surface area contributed by atoms with E-state index in [9.17, 15) is 4.39 Å². The molecule has 3 N–H and O–H groups in total. The second kappa shape index (κ2) is 2.81. The molecule has 0 amide bonds. The van der Waals surface area contributed by atoms with Gasteiger partial charge in [-0.15, -0.1) is 0 Å². The predicted molar refractivity (Wildman–Crippen MR) is 48.7 cm³/mol. The molecule has 0 bridgehead atoms. The van der Waals surface area contributed by atoms with Crippen LogP contribution in [0.2, 0.25) is 0 Å². The van der Waals surface area contributed by atoms with Crippen LogP contribution in [0.5, 0.6) is 0 Å². The van der Waals surface area contributed by atoms with Crippen molar-refractivity contribution < 1.29 is 4.39 Å². The maximum atomic E-state index is 13.1. The molecular weight excluding hydrogens is 169 g/mol. The lowest BCUT2D eigenvalue weighted by molar-refractivity contribution is 0.620. The topological polar surface area (TPSA) is 54.7 Å². The molecule has 0 radical (unpaired) electrons. The van der Waals surface area contributed by atoms with Crippen LogP contribution in [0.15, 0.2) is 12.1 Å². The largest absolute Gasteiger partial charge is 0.341 e. The van der Waals surface area contributed by atoms with Gasteiger partial charge >= 0.3 is 0 Å². The molecule has 0 spiro atoms. The van der Waals surface area contributed by atoms with Crippen molar-refractivity contribution in [1.82, 2.24) is 9.97 Å². The molecule has 0 unspecified atom stereocenters. The van der Waals surface area contributed by atoms with Gasteiger partial charge in [-0.2, -0.15) is 0 Å². The van der Waals surface area contributed by atoms with Gasteiger partial charge in [0.15, 0.2) is 0 Å². The summed E-state index contributed by atoms with van der Waals surface area (Å²) in [6, 6.07) is 3.10. The number of aromatic amines is 1. The Morgan fingerprint density at radius 3 is 3.00 bits per heavy atom. The van der Waals surface area contributed by atoms with E-state index in [-0.39, 0.29) is 5.82 Å². The molecule has 0 saturated heterocycles. The summed E-state index contributed by atoms with van der Waals surface area (Å²) in [7, 11) is 0. The molecule has 0 saturated carbocycles. The van der Waals surface area contributed by atoms with Crippen molar-refractivity contribution >= 4 is 11.0 Å². The lowest BCUT2D eigenvalue weighted by atomic mass is 10.2. The van der Waals surface area contributed by atoms with Crippen LogP contribution < -0.4 is 5.73 Å². The quantitative estimate of drug-likeness (QED) is 0.696. The first kappa shape index (κ1) is 8.19. The molecule has 13 heavy (non-hydrogen) atoms. The average Bonchev–Trinajstić information content (AvgIpc) is 2.55. The third-order valence-electron chi connectivity index (χ3n) is 2.08. The minimum atomic E-state index is -0.234. The van der Waals surface area contributed by atoms with Crippen molar-refractivity contribution in [2.75, 3.05) is 0 Å². The number of nitrogens with zero attached hydrogens (tertiary/aromatic N) is 1. The molecule has 3 nitrogen and oxygen atoms in total. The van der Waals surface area contributed by atoms with E-state index in [1.807, 2.05) is 0 Å². The summed E-state index contributed by atoms with van der Waals surface area (Å²) in [5, 5.41) is 0. The van der Waals surface area contributed by atoms with Crippen molar-refractivity contribution in [3.8, 4) is 0 Å². The van der Waals surface area contributed by atoms with E-state index >= 15 is 0 Å². The SMILES string of the molecule is Cc1c(F)ccc2[nH]c(CN)nc12. The molecule has 2 rings (SSSR count). The number of rotatable bonds is 1. The number of nitrogens with two attached hydrogens (primary N) is 1. The molecule has 2 aromatic rings. The van der Waals surface area contributed by atoms with Crippen LogP contribution >= 0.6 is 0 Å². The lowest BCUT2D eigenvalue weighted by Crippen LogP contribution is -1.97. The average molecular weight is 179 g/mol. The molecule has 0 atom stereocenters. The van der Waals surface area contributed by atoms with Crippen LogP contribution in [0, 0.1) is 12.7 Å². The fourth-order valence-electron chi connectivity index (χ4n) is 1.34. The first-order valence-electron chi connectivity index (χ1n) is 4.06. The van der Waals surface area contributed by atoms with Crippen LogP contribution in [0.1, 0.15) is 11.4 Å². The van der Waals surface area contributed by atoms with E-state index in [0.717, 1.165) is 5.52 Å². The second-order valence-corrected chi connectivity index (χ2v) is 2.96. The van der Waals surface area contributed by atoms with Crippen molar-refractivity contribution in [1.29, 1.82) is 0 Å². The number of aromatic nitrogens is 2. The minimum Gasteiger partial charge on any atom is -0.341 e. The number of halogens is 1. The van der Waals surface area contributed by atoms with Crippen molar-refractivity contribution in [2.24, 2.45) is 5.73 Å². The predicted octanol–water partition coefficient (Wildman–Crippen LogP) is 1.47. The van der Waals surface area contributed by atoms with E-state index in [4.69, 9.17) is 5.73 Å². The van der Waals surface area contributed by atoms with Crippen LogP contribution in [0.25, 0.3) is 11.0 Å². The smallest absolute Gasteiger partial charge is 0.128 e. The number of hydrogen-bond donors (Lipinski definition) is 2. The summed E-state index contributed by atoms with van der Waals surface area (Å²) >= 11 is 0. The van der Waals surface area contributed by atoms with Crippen molar-refractivity contribution in [3.63, 3.8) is 0 Å². The molecule has 1 aromatic carbocycles. The number of hydrogen-bond acceptors (Lipinski definition) is 2. The zero-order valence-electron chi connectivity index (χ0n) is 7.26. The van der Waals surface area contributed by atoms with Gasteiger partial charge in [0.25, 0.3) is 0 Å². The molecule has 68 valence electrons. The summed E-state index contributed by atoms with van der Waals surface area (Å²) in [6.07, 6.45) is 0. The number of aryl methyl sites for hydroxylation is 1. The summed E-state index contributed by atoms with van der Waals surface area (Å²) in [5.74, 6) is 0.450.